The van der Waals surface area contributed by atoms with E-state index in [0.29, 0.717) is 18.8 Å². The van der Waals surface area contributed by atoms with Crippen LogP contribution in [-0.2, 0) is 13.0 Å². The maximum Gasteiger partial charge on any atom is 0.287 e. The number of nitrogens with one attached hydrogen (secondary N) is 2. The van der Waals surface area contributed by atoms with Crippen molar-refractivity contribution in [2.75, 3.05) is 11.9 Å². The van der Waals surface area contributed by atoms with Crippen molar-refractivity contribution in [2.45, 2.75) is 26.3 Å². The highest BCUT2D eigenvalue weighted by Crippen LogP contribution is 2.15. The summed E-state index contributed by atoms with van der Waals surface area (Å²) in [5.41, 5.74) is 0.316. The molecule has 0 amide bonds. The fourth-order valence-corrected chi connectivity index (χ4v) is 1.94. The molecule has 7 heteroatoms. The molecule has 0 atom stereocenters. The quantitative estimate of drug-likeness (QED) is 0.790. The summed E-state index contributed by atoms with van der Waals surface area (Å²) in [4.78, 5) is 18.9. The van der Waals surface area contributed by atoms with Gasteiger partial charge in [0.25, 0.3) is 5.56 Å². The molecule has 0 saturated carbocycles. The van der Waals surface area contributed by atoms with Crippen LogP contribution in [0.15, 0.2) is 23.4 Å². The Kier molecular flexibility index (Phi) is 4.57. The molecule has 0 fully saturated rings. The maximum atomic E-state index is 11.8. The average Bonchev–Trinajstić information content (AvgIpc) is 2.92. The zero-order valence-corrected chi connectivity index (χ0v) is 11.4. The molecular weight excluding hydrogens is 266 g/mol. The van der Waals surface area contributed by atoms with Crippen molar-refractivity contribution >= 4 is 17.3 Å². The van der Waals surface area contributed by atoms with E-state index in [1.54, 1.807) is 18.6 Å². The lowest BCUT2D eigenvalue weighted by Gasteiger charge is -2.08. The Hall–Kier alpha value is -1.82. The zero-order valence-electron chi connectivity index (χ0n) is 10.7. The highest BCUT2D eigenvalue weighted by Gasteiger charge is 2.07. The van der Waals surface area contributed by atoms with Gasteiger partial charge in [0.05, 0.1) is 11.9 Å². The number of anilines is 1. The molecule has 0 aliphatic rings. The number of aryl methyl sites for hydroxylation is 2. The van der Waals surface area contributed by atoms with Gasteiger partial charge >= 0.3 is 0 Å². The van der Waals surface area contributed by atoms with Crippen LogP contribution >= 0.6 is 11.6 Å². The van der Waals surface area contributed by atoms with E-state index >= 15 is 0 Å². The molecule has 0 radical (unpaired) electrons. The average molecular weight is 282 g/mol. The molecule has 19 heavy (non-hydrogen) atoms. The van der Waals surface area contributed by atoms with Crippen LogP contribution in [0.25, 0.3) is 0 Å². The number of rotatable bonds is 6. The first-order valence-electron chi connectivity index (χ1n) is 6.20. The molecule has 0 aromatic carbocycles. The van der Waals surface area contributed by atoms with Crippen LogP contribution in [0.4, 0.5) is 5.69 Å². The van der Waals surface area contributed by atoms with Gasteiger partial charge in [-0.15, -0.1) is 0 Å². The van der Waals surface area contributed by atoms with Gasteiger partial charge in [-0.3, -0.25) is 4.79 Å². The van der Waals surface area contributed by atoms with Gasteiger partial charge < -0.3 is 10.3 Å². The number of imidazole rings is 1. The number of halogens is 1. The van der Waals surface area contributed by atoms with Gasteiger partial charge in [-0.2, -0.15) is 5.10 Å². The molecule has 0 bridgehead atoms. The summed E-state index contributed by atoms with van der Waals surface area (Å²) in [6.45, 7) is 3.07. The van der Waals surface area contributed by atoms with Gasteiger partial charge in [-0.05, 0) is 13.3 Å². The molecule has 2 aromatic rings. The van der Waals surface area contributed by atoms with E-state index in [-0.39, 0.29) is 10.6 Å². The number of hydrogen-bond acceptors (Lipinski definition) is 4. The summed E-state index contributed by atoms with van der Waals surface area (Å²) in [6, 6.07) is 0. The molecule has 2 rings (SSSR count). The normalized spacial score (nSPS) is 10.6. The molecule has 0 aliphatic heterocycles. The fraction of sp³-hybridized carbons (Fsp3) is 0.417. The highest BCUT2D eigenvalue weighted by atomic mass is 35.5. The lowest BCUT2D eigenvalue weighted by Crippen LogP contribution is -2.23. The van der Waals surface area contributed by atoms with Crippen LogP contribution in [0.5, 0.6) is 0 Å². The molecular formula is C12H16ClN5O. The molecule has 0 saturated heterocycles. The molecule has 2 N–H and O–H groups in total. The van der Waals surface area contributed by atoms with Crippen LogP contribution in [0.3, 0.4) is 0 Å². The molecule has 0 aliphatic carbocycles. The molecule has 2 heterocycles. The standard InChI is InChI=1S/C12H16ClN5O/c1-2-18-12(19)11(13)9(8-17-18)14-5-3-4-10-15-6-7-16-10/h6-8,14H,2-5H2,1H3,(H,15,16). The van der Waals surface area contributed by atoms with Crippen LogP contribution < -0.4 is 10.9 Å². The zero-order chi connectivity index (χ0) is 13.7. The monoisotopic (exact) mass is 281 g/mol. The Labute approximate surface area is 115 Å². The third-order valence-electron chi connectivity index (χ3n) is 2.75. The smallest absolute Gasteiger partial charge is 0.287 e. The second-order valence-corrected chi connectivity index (χ2v) is 4.44. The van der Waals surface area contributed by atoms with Crippen molar-refractivity contribution in [3.8, 4) is 0 Å². The number of aromatic nitrogens is 4. The number of hydrogen-bond donors (Lipinski definition) is 2. The molecule has 0 unspecified atom stereocenters. The summed E-state index contributed by atoms with van der Waals surface area (Å²) in [7, 11) is 0. The predicted molar refractivity (Wildman–Crippen MR) is 74.6 cm³/mol. The third kappa shape index (κ3) is 3.35. The van der Waals surface area contributed by atoms with Crippen LogP contribution in [0, 0.1) is 0 Å². The van der Waals surface area contributed by atoms with Gasteiger partial charge in [-0.1, -0.05) is 11.6 Å². The van der Waals surface area contributed by atoms with E-state index in [2.05, 4.69) is 20.4 Å². The van der Waals surface area contributed by atoms with Crippen molar-refractivity contribution in [2.24, 2.45) is 0 Å². The fourth-order valence-electron chi connectivity index (χ4n) is 1.73. The predicted octanol–water partition coefficient (Wildman–Crippen LogP) is 1.68. The van der Waals surface area contributed by atoms with Crippen LogP contribution in [0.2, 0.25) is 5.02 Å². The van der Waals surface area contributed by atoms with Crippen molar-refractivity contribution in [3.63, 3.8) is 0 Å². The van der Waals surface area contributed by atoms with Crippen molar-refractivity contribution in [1.29, 1.82) is 0 Å². The van der Waals surface area contributed by atoms with Crippen LogP contribution in [0.1, 0.15) is 19.2 Å². The van der Waals surface area contributed by atoms with Gasteiger partial charge in [0, 0.05) is 31.9 Å². The van der Waals surface area contributed by atoms with Gasteiger partial charge in [0.2, 0.25) is 0 Å². The number of nitrogens with zero attached hydrogens (tertiary/aromatic N) is 3. The first-order valence-corrected chi connectivity index (χ1v) is 6.58. The summed E-state index contributed by atoms with van der Waals surface area (Å²) in [5, 5.41) is 7.33. The summed E-state index contributed by atoms with van der Waals surface area (Å²) in [6.07, 6.45) is 6.85. The van der Waals surface area contributed by atoms with Crippen LogP contribution in [-0.4, -0.2) is 26.3 Å². The molecule has 6 nitrogen and oxygen atoms in total. The van der Waals surface area contributed by atoms with E-state index in [9.17, 15) is 4.79 Å². The van der Waals surface area contributed by atoms with E-state index in [0.717, 1.165) is 18.7 Å². The van der Waals surface area contributed by atoms with E-state index in [4.69, 9.17) is 11.6 Å². The molecule has 0 spiro atoms. The highest BCUT2D eigenvalue weighted by molar-refractivity contribution is 6.32. The first kappa shape index (κ1) is 13.6. The summed E-state index contributed by atoms with van der Waals surface area (Å²) in [5.74, 6) is 0.951. The second kappa shape index (κ2) is 6.38. The Morgan fingerprint density at radius 2 is 2.37 bits per heavy atom. The van der Waals surface area contributed by atoms with Crippen molar-refractivity contribution in [1.82, 2.24) is 19.7 Å². The molecule has 2 aromatic heterocycles. The van der Waals surface area contributed by atoms with Crippen molar-refractivity contribution in [3.05, 3.63) is 39.8 Å². The Bertz CT molecular complexity index is 578. The molecule has 102 valence electrons. The first-order chi connectivity index (χ1) is 9.22. The Morgan fingerprint density at radius 3 is 3.05 bits per heavy atom. The third-order valence-corrected chi connectivity index (χ3v) is 3.11. The minimum absolute atomic E-state index is 0.190. The summed E-state index contributed by atoms with van der Waals surface area (Å²) < 4.78 is 1.33. The second-order valence-electron chi connectivity index (χ2n) is 4.06. The maximum absolute atomic E-state index is 11.8. The SMILES string of the molecule is CCn1ncc(NCCCc2ncc[nH]2)c(Cl)c1=O. The van der Waals surface area contributed by atoms with E-state index in [1.807, 2.05) is 6.92 Å². The minimum atomic E-state index is -0.264. The number of H-pyrrole nitrogens is 1. The Balaban J connectivity index is 1.89. The lowest BCUT2D eigenvalue weighted by molar-refractivity contribution is 0.616. The summed E-state index contributed by atoms with van der Waals surface area (Å²) >= 11 is 6.00. The van der Waals surface area contributed by atoms with Crippen molar-refractivity contribution < 1.29 is 0 Å². The van der Waals surface area contributed by atoms with E-state index in [1.165, 1.54) is 4.68 Å². The lowest BCUT2D eigenvalue weighted by atomic mass is 10.3. The van der Waals surface area contributed by atoms with Gasteiger partial charge in [-0.25, -0.2) is 9.67 Å². The number of aromatic amines is 1. The topological polar surface area (TPSA) is 75.6 Å². The minimum Gasteiger partial charge on any atom is -0.382 e. The van der Waals surface area contributed by atoms with E-state index < -0.39 is 0 Å². The van der Waals surface area contributed by atoms with Gasteiger partial charge in [0.1, 0.15) is 10.8 Å². The Morgan fingerprint density at radius 1 is 1.53 bits per heavy atom. The largest absolute Gasteiger partial charge is 0.382 e. The van der Waals surface area contributed by atoms with Gasteiger partial charge in [0.15, 0.2) is 0 Å².